The first-order valence-corrected chi connectivity index (χ1v) is 6.26. The molecule has 0 N–H and O–H groups in total. The predicted molar refractivity (Wildman–Crippen MR) is 56.6 cm³/mol. The van der Waals surface area contributed by atoms with Crippen LogP contribution in [0, 0.1) is 5.92 Å². The lowest BCUT2D eigenvalue weighted by Gasteiger charge is -2.17. The molecule has 0 bridgehead atoms. The van der Waals surface area contributed by atoms with Gasteiger partial charge >= 0.3 is 6.18 Å². The first-order valence-electron chi connectivity index (χ1n) is 3.21. The van der Waals surface area contributed by atoms with Crippen molar-refractivity contribution in [3.8, 4) is 0 Å². The van der Waals surface area contributed by atoms with Crippen molar-refractivity contribution in [2.75, 3.05) is 8.86 Å². The standard InChI is InChI=1S/C6H9F3I2/c7-6(8,9)5(1-3-10)2-4-11/h5H,1-4H2. The van der Waals surface area contributed by atoms with Gasteiger partial charge in [-0.15, -0.1) is 0 Å². The topological polar surface area (TPSA) is 0 Å². The van der Waals surface area contributed by atoms with Crippen molar-refractivity contribution < 1.29 is 13.2 Å². The maximum atomic E-state index is 12.1. The van der Waals surface area contributed by atoms with Crippen LogP contribution >= 0.6 is 45.2 Å². The summed E-state index contributed by atoms with van der Waals surface area (Å²) in [4.78, 5) is 0. The second-order valence-electron chi connectivity index (χ2n) is 2.19. The van der Waals surface area contributed by atoms with Crippen LogP contribution in [0.1, 0.15) is 12.8 Å². The minimum atomic E-state index is -3.99. The van der Waals surface area contributed by atoms with Crippen molar-refractivity contribution in [3.05, 3.63) is 0 Å². The average molecular weight is 392 g/mol. The molecule has 0 heterocycles. The number of hydrogen-bond acceptors (Lipinski definition) is 0. The molecule has 0 nitrogen and oxygen atoms in total. The molecule has 0 aromatic heterocycles. The van der Waals surface area contributed by atoms with Gasteiger partial charge in [0, 0.05) is 8.86 Å². The van der Waals surface area contributed by atoms with Gasteiger partial charge in [0.25, 0.3) is 0 Å². The lowest BCUT2D eigenvalue weighted by molar-refractivity contribution is -0.175. The summed E-state index contributed by atoms with van der Waals surface area (Å²) in [5, 5.41) is 0. The van der Waals surface area contributed by atoms with Crippen LogP contribution in [0.5, 0.6) is 0 Å². The summed E-state index contributed by atoms with van der Waals surface area (Å²) in [5.74, 6) is -1.09. The molecule has 0 aromatic carbocycles. The molecule has 0 rings (SSSR count). The Bertz CT molecular complexity index is 96.5. The molecular weight excluding hydrogens is 383 g/mol. The summed E-state index contributed by atoms with van der Waals surface area (Å²) in [5.41, 5.74) is 0. The van der Waals surface area contributed by atoms with Crippen molar-refractivity contribution >= 4 is 45.2 Å². The Labute approximate surface area is 91.6 Å². The van der Waals surface area contributed by atoms with E-state index in [0.717, 1.165) is 0 Å². The highest BCUT2D eigenvalue weighted by Crippen LogP contribution is 2.32. The minimum Gasteiger partial charge on any atom is -0.171 e. The zero-order chi connectivity index (χ0) is 8.91. The molecule has 0 unspecified atom stereocenters. The van der Waals surface area contributed by atoms with Crippen molar-refractivity contribution in [2.24, 2.45) is 5.92 Å². The van der Waals surface area contributed by atoms with E-state index in [2.05, 4.69) is 0 Å². The Morgan fingerprint density at radius 2 is 1.36 bits per heavy atom. The van der Waals surface area contributed by atoms with E-state index in [9.17, 15) is 13.2 Å². The molecule has 0 aliphatic rings. The zero-order valence-electron chi connectivity index (χ0n) is 5.80. The Morgan fingerprint density at radius 1 is 1.00 bits per heavy atom. The van der Waals surface area contributed by atoms with E-state index >= 15 is 0 Å². The van der Waals surface area contributed by atoms with E-state index in [4.69, 9.17) is 0 Å². The largest absolute Gasteiger partial charge is 0.391 e. The van der Waals surface area contributed by atoms with E-state index < -0.39 is 12.1 Å². The highest BCUT2D eigenvalue weighted by atomic mass is 127. The smallest absolute Gasteiger partial charge is 0.171 e. The third-order valence-electron chi connectivity index (χ3n) is 1.38. The van der Waals surface area contributed by atoms with E-state index in [1.54, 1.807) is 0 Å². The maximum absolute atomic E-state index is 12.1. The molecule has 0 saturated carbocycles. The second-order valence-corrected chi connectivity index (χ2v) is 4.35. The lowest BCUT2D eigenvalue weighted by atomic mass is 10.0. The molecule has 0 spiro atoms. The van der Waals surface area contributed by atoms with E-state index in [1.807, 2.05) is 45.2 Å². The van der Waals surface area contributed by atoms with Gasteiger partial charge < -0.3 is 0 Å². The molecular formula is C6H9F3I2. The normalized spacial score (nSPS) is 12.5. The number of hydrogen-bond donors (Lipinski definition) is 0. The highest BCUT2D eigenvalue weighted by Gasteiger charge is 2.37. The molecule has 0 saturated heterocycles. The van der Waals surface area contributed by atoms with Gasteiger partial charge in [-0.25, -0.2) is 0 Å². The summed E-state index contributed by atoms with van der Waals surface area (Å²) in [6, 6.07) is 0. The highest BCUT2D eigenvalue weighted by molar-refractivity contribution is 14.1. The Kier molecular flexibility index (Phi) is 6.48. The maximum Gasteiger partial charge on any atom is 0.391 e. The van der Waals surface area contributed by atoms with Crippen LogP contribution in [-0.4, -0.2) is 15.0 Å². The van der Waals surface area contributed by atoms with E-state index in [0.29, 0.717) is 8.86 Å². The molecule has 5 heteroatoms. The summed E-state index contributed by atoms with van der Waals surface area (Å²) >= 11 is 3.96. The van der Waals surface area contributed by atoms with E-state index in [-0.39, 0.29) is 12.8 Å². The van der Waals surface area contributed by atoms with Crippen LogP contribution in [-0.2, 0) is 0 Å². The minimum absolute atomic E-state index is 0.257. The molecule has 0 atom stereocenters. The van der Waals surface area contributed by atoms with Crippen molar-refractivity contribution in [2.45, 2.75) is 19.0 Å². The molecule has 11 heavy (non-hydrogen) atoms. The summed E-state index contributed by atoms with van der Waals surface area (Å²) in [6.45, 7) is 0. The van der Waals surface area contributed by atoms with Gasteiger partial charge in [0.05, 0.1) is 5.92 Å². The van der Waals surface area contributed by atoms with Gasteiger partial charge in [0.15, 0.2) is 0 Å². The summed E-state index contributed by atoms with van der Waals surface area (Å²) < 4.78 is 37.4. The molecule has 68 valence electrons. The number of rotatable bonds is 4. The quantitative estimate of drug-likeness (QED) is 0.505. The second kappa shape index (κ2) is 5.82. The fourth-order valence-corrected chi connectivity index (χ4v) is 2.24. The average Bonchev–Trinajstić information content (AvgIpc) is 1.85. The lowest BCUT2D eigenvalue weighted by Crippen LogP contribution is -2.23. The van der Waals surface area contributed by atoms with Crippen LogP contribution in [0.25, 0.3) is 0 Å². The van der Waals surface area contributed by atoms with Crippen molar-refractivity contribution in [1.29, 1.82) is 0 Å². The van der Waals surface area contributed by atoms with Crippen LogP contribution in [0.2, 0.25) is 0 Å². The monoisotopic (exact) mass is 392 g/mol. The first-order chi connectivity index (χ1) is 5.02. The third kappa shape index (κ3) is 5.48. The van der Waals surface area contributed by atoms with Gasteiger partial charge in [-0.05, 0) is 12.8 Å². The number of alkyl halides is 5. The fourth-order valence-electron chi connectivity index (χ4n) is 0.735. The van der Waals surface area contributed by atoms with E-state index in [1.165, 1.54) is 0 Å². The molecule has 0 amide bonds. The van der Waals surface area contributed by atoms with Gasteiger partial charge in [-0.1, -0.05) is 45.2 Å². The Balaban J connectivity index is 3.88. The first kappa shape index (κ1) is 12.2. The van der Waals surface area contributed by atoms with Gasteiger partial charge in [-0.3, -0.25) is 0 Å². The molecule has 0 fully saturated rings. The third-order valence-corrected chi connectivity index (χ3v) is 2.62. The van der Waals surface area contributed by atoms with Crippen LogP contribution in [0.3, 0.4) is 0 Å². The van der Waals surface area contributed by atoms with Crippen molar-refractivity contribution in [1.82, 2.24) is 0 Å². The Morgan fingerprint density at radius 3 is 1.55 bits per heavy atom. The molecule has 0 aliphatic carbocycles. The molecule has 0 aliphatic heterocycles. The SMILES string of the molecule is FC(F)(F)C(CCI)CCI. The zero-order valence-corrected chi connectivity index (χ0v) is 10.1. The van der Waals surface area contributed by atoms with Crippen LogP contribution in [0.4, 0.5) is 13.2 Å². The van der Waals surface area contributed by atoms with Crippen LogP contribution in [0.15, 0.2) is 0 Å². The van der Waals surface area contributed by atoms with Crippen molar-refractivity contribution in [3.63, 3.8) is 0 Å². The molecule has 0 aromatic rings. The predicted octanol–water partition coefficient (Wildman–Crippen LogP) is 3.82. The molecule has 0 radical (unpaired) electrons. The summed E-state index contributed by atoms with van der Waals surface area (Å²) in [6.07, 6.45) is -3.48. The van der Waals surface area contributed by atoms with Gasteiger partial charge in [-0.2, -0.15) is 13.2 Å². The van der Waals surface area contributed by atoms with Gasteiger partial charge in [0.2, 0.25) is 0 Å². The Hall–Kier alpha value is 1.25. The van der Waals surface area contributed by atoms with Crippen LogP contribution < -0.4 is 0 Å². The van der Waals surface area contributed by atoms with Gasteiger partial charge in [0.1, 0.15) is 0 Å². The number of halogens is 5. The summed E-state index contributed by atoms with van der Waals surface area (Å²) in [7, 11) is 0. The fraction of sp³-hybridized carbons (Fsp3) is 1.00.